The van der Waals surface area contributed by atoms with Gasteiger partial charge in [-0.3, -0.25) is 4.39 Å². The molecule has 0 saturated heterocycles. The van der Waals surface area contributed by atoms with E-state index in [0.717, 1.165) is 12.8 Å². The molecule has 0 bridgehead atoms. The molecule has 1 fully saturated rings. The van der Waals surface area contributed by atoms with Crippen LogP contribution in [-0.2, 0) is 0 Å². The van der Waals surface area contributed by atoms with E-state index in [-0.39, 0.29) is 19.1 Å². The maximum atomic E-state index is 11.8. The number of hydrogen-bond acceptors (Lipinski definition) is 1. The largest absolute Gasteiger partial charge is 0.330 e. The first-order valence-electron chi connectivity index (χ1n) is 3.14. The molecule has 0 amide bonds. The minimum atomic E-state index is -0.165. The molecule has 56 valence electrons. The molecule has 2 unspecified atom stereocenters. The van der Waals surface area contributed by atoms with Crippen LogP contribution in [0.2, 0.25) is 0 Å². The summed E-state index contributed by atoms with van der Waals surface area (Å²) in [6.45, 7) is 0.510. The average molecular weight is 154 g/mol. The van der Waals surface area contributed by atoms with E-state index in [0.29, 0.717) is 18.4 Å². The van der Waals surface area contributed by atoms with Crippen molar-refractivity contribution < 1.29 is 4.39 Å². The van der Waals surface area contributed by atoms with Crippen LogP contribution < -0.4 is 5.73 Å². The first-order chi connectivity index (χ1) is 3.88. The Bertz CT molecular complexity index is 65.5. The summed E-state index contributed by atoms with van der Waals surface area (Å²) in [5, 5.41) is 0. The van der Waals surface area contributed by atoms with Gasteiger partial charge in [0.2, 0.25) is 0 Å². The highest BCUT2D eigenvalue weighted by Gasteiger charge is 2.28. The highest BCUT2D eigenvalue weighted by Crippen LogP contribution is 2.33. The summed E-state index contributed by atoms with van der Waals surface area (Å²) in [4.78, 5) is 0. The van der Waals surface area contributed by atoms with Gasteiger partial charge < -0.3 is 5.73 Å². The zero-order valence-corrected chi connectivity index (χ0v) is 6.16. The van der Waals surface area contributed by atoms with Gasteiger partial charge in [-0.25, -0.2) is 0 Å². The van der Waals surface area contributed by atoms with Crippen molar-refractivity contribution in [1.82, 2.24) is 0 Å². The molecule has 1 rings (SSSR count). The van der Waals surface area contributed by atoms with E-state index in [4.69, 9.17) is 5.73 Å². The minimum Gasteiger partial charge on any atom is -0.330 e. The minimum absolute atomic E-state index is 0. The monoisotopic (exact) mass is 153 g/mol. The third kappa shape index (κ3) is 1.80. The Kier molecular flexibility index (Phi) is 4.15. The Morgan fingerprint density at radius 2 is 1.89 bits per heavy atom. The van der Waals surface area contributed by atoms with E-state index in [9.17, 15) is 4.39 Å². The van der Waals surface area contributed by atoms with Gasteiger partial charge >= 0.3 is 0 Å². The second-order valence-electron chi connectivity index (χ2n) is 2.49. The predicted molar refractivity (Wildman–Crippen MR) is 38.5 cm³/mol. The molecule has 0 spiro atoms. The van der Waals surface area contributed by atoms with E-state index in [1.807, 2.05) is 0 Å². The van der Waals surface area contributed by atoms with Gasteiger partial charge in [-0.15, -0.1) is 12.4 Å². The fraction of sp³-hybridized carbons (Fsp3) is 1.00. The molecule has 1 aliphatic carbocycles. The molecule has 0 aliphatic heterocycles. The van der Waals surface area contributed by atoms with Crippen LogP contribution in [0, 0.1) is 11.8 Å². The molecule has 2 N–H and O–H groups in total. The van der Waals surface area contributed by atoms with E-state index < -0.39 is 0 Å². The summed E-state index contributed by atoms with van der Waals surface area (Å²) in [6, 6.07) is 0. The van der Waals surface area contributed by atoms with Gasteiger partial charge in [0.15, 0.2) is 0 Å². The molecule has 0 aromatic rings. The maximum absolute atomic E-state index is 11.8. The molecular weight excluding hydrogens is 141 g/mol. The Morgan fingerprint density at radius 3 is 2.00 bits per heavy atom. The van der Waals surface area contributed by atoms with Crippen LogP contribution >= 0.6 is 12.4 Å². The van der Waals surface area contributed by atoms with Gasteiger partial charge in [0, 0.05) is 0 Å². The van der Waals surface area contributed by atoms with Crippen molar-refractivity contribution in [2.24, 2.45) is 17.6 Å². The van der Waals surface area contributed by atoms with Gasteiger partial charge in [0.05, 0.1) is 6.67 Å². The number of alkyl halides is 1. The fourth-order valence-electron chi connectivity index (χ4n) is 1.15. The standard InChI is InChI=1S/C6H12FN.ClH/c7-3-5-1-2-6(5)4-8;/h5-6H,1-4,8H2;1H. The number of hydrogen-bond donors (Lipinski definition) is 1. The van der Waals surface area contributed by atoms with Crippen LogP contribution in [0.15, 0.2) is 0 Å². The molecule has 0 aromatic heterocycles. The smallest absolute Gasteiger partial charge is 0.0925 e. The van der Waals surface area contributed by atoms with Crippen molar-refractivity contribution in [3.05, 3.63) is 0 Å². The third-order valence-corrected chi connectivity index (χ3v) is 2.08. The van der Waals surface area contributed by atoms with Crippen LogP contribution in [0.3, 0.4) is 0 Å². The molecule has 2 atom stereocenters. The van der Waals surface area contributed by atoms with Gasteiger partial charge in [-0.2, -0.15) is 0 Å². The molecule has 0 heterocycles. The molecule has 0 radical (unpaired) electrons. The molecule has 3 heteroatoms. The van der Waals surface area contributed by atoms with Crippen molar-refractivity contribution in [3.8, 4) is 0 Å². The molecule has 1 aliphatic rings. The quantitative estimate of drug-likeness (QED) is 0.637. The van der Waals surface area contributed by atoms with E-state index in [2.05, 4.69) is 0 Å². The zero-order chi connectivity index (χ0) is 5.98. The summed E-state index contributed by atoms with van der Waals surface area (Å²) in [6.07, 6.45) is 2.20. The van der Waals surface area contributed by atoms with Crippen LogP contribution in [0.25, 0.3) is 0 Å². The third-order valence-electron chi connectivity index (χ3n) is 2.08. The molecule has 0 aromatic carbocycles. The second kappa shape index (κ2) is 4.07. The van der Waals surface area contributed by atoms with Gasteiger partial charge in [0.25, 0.3) is 0 Å². The highest BCUT2D eigenvalue weighted by atomic mass is 35.5. The topological polar surface area (TPSA) is 26.0 Å². The lowest BCUT2D eigenvalue weighted by Crippen LogP contribution is -2.33. The van der Waals surface area contributed by atoms with E-state index >= 15 is 0 Å². The Balaban J connectivity index is 0.000000640. The zero-order valence-electron chi connectivity index (χ0n) is 5.35. The first-order valence-corrected chi connectivity index (χ1v) is 3.14. The lowest BCUT2D eigenvalue weighted by Gasteiger charge is -2.33. The van der Waals surface area contributed by atoms with Crippen LogP contribution in [-0.4, -0.2) is 13.2 Å². The van der Waals surface area contributed by atoms with Crippen molar-refractivity contribution in [2.75, 3.05) is 13.2 Å². The molecule has 1 saturated carbocycles. The Hall–Kier alpha value is 0.180. The first kappa shape index (κ1) is 9.18. The fourth-order valence-corrected chi connectivity index (χ4v) is 1.15. The molecule has 1 nitrogen and oxygen atoms in total. The SMILES string of the molecule is Cl.NCC1CCC1CF. The van der Waals surface area contributed by atoms with Gasteiger partial charge in [-0.05, 0) is 31.2 Å². The van der Waals surface area contributed by atoms with Gasteiger partial charge in [0.1, 0.15) is 0 Å². The number of nitrogens with two attached hydrogens (primary N) is 1. The Morgan fingerprint density at radius 1 is 1.33 bits per heavy atom. The molecular formula is C6H13ClFN. The van der Waals surface area contributed by atoms with E-state index in [1.54, 1.807) is 0 Å². The number of halogens is 2. The Labute approximate surface area is 61.2 Å². The summed E-state index contributed by atoms with van der Waals surface area (Å²) in [5.74, 6) is 0.806. The van der Waals surface area contributed by atoms with Crippen LogP contribution in [0.4, 0.5) is 4.39 Å². The summed E-state index contributed by atoms with van der Waals surface area (Å²) < 4.78 is 11.8. The lowest BCUT2D eigenvalue weighted by atomic mass is 9.75. The normalized spacial score (nSPS) is 32.7. The predicted octanol–water partition coefficient (Wildman–Crippen LogP) is 1.36. The highest BCUT2D eigenvalue weighted by molar-refractivity contribution is 5.85. The summed E-state index contributed by atoms with van der Waals surface area (Å²) in [7, 11) is 0. The van der Waals surface area contributed by atoms with Crippen molar-refractivity contribution in [1.29, 1.82) is 0 Å². The van der Waals surface area contributed by atoms with E-state index in [1.165, 1.54) is 0 Å². The maximum Gasteiger partial charge on any atom is 0.0925 e. The van der Waals surface area contributed by atoms with Gasteiger partial charge in [-0.1, -0.05) is 0 Å². The average Bonchev–Trinajstić information content (AvgIpc) is 1.66. The number of rotatable bonds is 2. The van der Waals surface area contributed by atoms with Crippen molar-refractivity contribution in [2.45, 2.75) is 12.8 Å². The second-order valence-corrected chi connectivity index (χ2v) is 2.49. The van der Waals surface area contributed by atoms with Crippen LogP contribution in [0.5, 0.6) is 0 Å². The molecule has 9 heavy (non-hydrogen) atoms. The summed E-state index contributed by atoms with van der Waals surface area (Å²) >= 11 is 0. The van der Waals surface area contributed by atoms with Crippen molar-refractivity contribution in [3.63, 3.8) is 0 Å². The lowest BCUT2D eigenvalue weighted by molar-refractivity contribution is 0.144. The van der Waals surface area contributed by atoms with Crippen LogP contribution in [0.1, 0.15) is 12.8 Å². The summed E-state index contributed by atoms with van der Waals surface area (Å²) in [5.41, 5.74) is 5.33. The van der Waals surface area contributed by atoms with Crippen molar-refractivity contribution >= 4 is 12.4 Å².